The number of anilines is 1. The first-order valence-electron chi connectivity index (χ1n) is 10.0. The summed E-state index contributed by atoms with van der Waals surface area (Å²) in [7, 11) is 1.72. The summed E-state index contributed by atoms with van der Waals surface area (Å²) in [6, 6.07) is 12.3. The number of carboxylic acid groups (broad SMARTS) is 1. The van der Waals surface area contributed by atoms with E-state index in [1.54, 1.807) is 25.4 Å². The summed E-state index contributed by atoms with van der Waals surface area (Å²) < 4.78 is 5.67. The van der Waals surface area contributed by atoms with Crippen LogP contribution in [-0.4, -0.2) is 59.8 Å². The zero-order chi connectivity index (χ0) is 19.3. The molecule has 4 aliphatic rings. The molecule has 146 valence electrons. The Hall–Kier alpha value is -2.60. The molecule has 3 atom stereocenters. The summed E-state index contributed by atoms with van der Waals surface area (Å²) >= 11 is 0. The summed E-state index contributed by atoms with van der Waals surface area (Å²) in [6.07, 6.45) is 4.05. The molecule has 6 heteroatoms. The molecule has 1 N–H and O–H groups in total. The molecule has 0 unspecified atom stereocenters. The van der Waals surface area contributed by atoms with Crippen molar-refractivity contribution in [2.45, 2.75) is 30.8 Å². The van der Waals surface area contributed by atoms with Gasteiger partial charge in [0.25, 0.3) is 0 Å². The van der Waals surface area contributed by atoms with Crippen LogP contribution in [0.25, 0.3) is 0 Å². The molecule has 5 heterocycles. The molecular weight excluding hydrogens is 354 g/mol. The Morgan fingerprint density at radius 2 is 1.93 bits per heavy atom. The quantitative estimate of drug-likeness (QED) is 0.881. The van der Waals surface area contributed by atoms with Crippen LogP contribution in [-0.2, 0) is 0 Å². The van der Waals surface area contributed by atoms with Gasteiger partial charge in [0.05, 0.1) is 7.11 Å². The Balaban J connectivity index is 1.61. The fourth-order valence-corrected chi connectivity index (χ4v) is 5.70. The first-order chi connectivity index (χ1) is 13.7. The molecule has 1 aromatic heterocycles. The van der Waals surface area contributed by atoms with Crippen LogP contribution in [0.3, 0.4) is 0 Å². The summed E-state index contributed by atoms with van der Waals surface area (Å²) in [6.45, 7) is 3.01. The number of methoxy groups -OCH3 is 1. The van der Waals surface area contributed by atoms with E-state index in [-0.39, 0.29) is 5.92 Å². The van der Waals surface area contributed by atoms with Crippen LogP contribution in [0.4, 0.5) is 5.82 Å². The molecule has 28 heavy (non-hydrogen) atoms. The van der Waals surface area contributed by atoms with Crippen molar-refractivity contribution >= 4 is 11.8 Å². The average Bonchev–Trinajstić information content (AvgIpc) is 3.17. The molecule has 4 fully saturated rings. The Bertz CT molecular complexity index is 894. The lowest BCUT2D eigenvalue weighted by molar-refractivity contribution is 0.0351. The predicted molar refractivity (Wildman–Crippen MR) is 106 cm³/mol. The lowest BCUT2D eigenvalue weighted by Gasteiger charge is -2.51. The average molecular weight is 379 g/mol. The number of piperidine rings is 3. The number of rotatable bonds is 4. The topological polar surface area (TPSA) is 65.9 Å². The highest BCUT2D eigenvalue weighted by atomic mass is 16.5. The molecule has 0 aliphatic carbocycles. The van der Waals surface area contributed by atoms with Gasteiger partial charge in [-0.2, -0.15) is 0 Å². The van der Waals surface area contributed by atoms with E-state index in [0.717, 1.165) is 25.4 Å². The maximum absolute atomic E-state index is 11.9. The third kappa shape index (κ3) is 2.58. The van der Waals surface area contributed by atoms with Gasteiger partial charge >= 0.3 is 5.97 Å². The first-order valence-corrected chi connectivity index (χ1v) is 10.0. The van der Waals surface area contributed by atoms with Crippen LogP contribution >= 0.6 is 0 Å². The number of aromatic nitrogens is 1. The predicted octanol–water partition coefficient (Wildman–Crippen LogP) is 2.86. The molecule has 0 saturated carbocycles. The Labute approximate surface area is 164 Å². The number of para-hydroxylation sites is 1. The van der Waals surface area contributed by atoms with Crippen molar-refractivity contribution in [3.8, 4) is 5.75 Å². The second-order valence-corrected chi connectivity index (χ2v) is 8.04. The van der Waals surface area contributed by atoms with Crippen molar-refractivity contribution < 1.29 is 14.6 Å². The minimum absolute atomic E-state index is 0.271. The van der Waals surface area contributed by atoms with E-state index in [9.17, 15) is 9.90 Å². The highest BCUT2D eigenvalue weighted by Gasteiger charge is 2.54. The third-order valence-corrected chi connectivity index (χ3v) is 6.82. The molecule has 4 aliphatic heterocycles. The van der Waals surface area contributed by atoms with Gasteiger partial charge in [0.1, 0.15) is 17.1 Å². The Kier molecular flexibility index (Phi) is 4.23. The van der Waals surface area contributed by atoms with Crippen LogP contribution in [0.2, 0.25) is 0 Å². The normalized spacial score (nSPS) is 30.9. The van der Waals surface area contributed by atoms with E-state index in [0.29, 0.717) is 29.4 Å². The zero-order valence-corrected chi connectivity index (χ0v) is 16.0. The van der Waals surface area contributed by atoms with Gasteiger partial charge in [-0.25, -0.2) is 9.78 Å². The maximum atomic E-state index is 11.9. The number of fused-ring (bicyclic) bond motifs is 2. The second kappa shape index (κ2) is 6.78. The van der Waals surface area contributed by atoms with Crippen LogP contribution in [0, 0.1) is 5.92 Å². The van der Waals surface area contributed by atoms with E-state index in [4.69, 9.17) is 4.74 Å². The number of nitrogens with zero attached hydrogens (tertiary/aromatic N) is 3. The van der Waals surface area contributed by atoms with Crippen molar-refractivity contribution in [1.29, 1.82) is 0 Å². The molecule has 1 aromatic carbocycles. The van der Waals surface area contributed by atoms with Crippen LogP contribution in [0.1, 0.15) is 34.7 Å². The molecule has 2 bridgehead atoms. The molecule has 0 amide bonds. The minimum atomic E-state index is -0.915. The minimum Gasteiger partial charge on any atom is -0.496 e. The van der Waals surface area contributed by atoms with E-state index in [2.05, 4.69) is 26.9 Å². The molecule has 0 spiro atoms. The fourth-order valence-electron chi connectivity index (χ4n) is 5.70. The lowest BCUT2D eigenvalue weighted by Crippen LogP contribution is -2.60. The fraction of sp³-hybridized carbons (Fsp3) is 0.455. The molecule has 2 aromatic rings. The SMILES string of the molecule is COc1ccccc1[C@@H]1CN(c2ncccc2C(=O)O)[C@@H]2C3CCN(CC3)[C@@H]21. The van der Waals surface area contributed by atoms with Crippen molar-refractivity contribution in [1.82, 2.24) is 9.88 Å². The first kappa shape index (κ1) is 17.5. The van der Waals surface area contributed by atoms with Crippen molar-refractivity contribution in [3.05, 3.63) is 53.7 Å². The van der Waals surface area contributed by atoms with Crippen LogP contribution in [0.5, 0.6) is 5.75 Å². The maximum Gasteiger partial charge on any atom is 0.339 e. The standard InChI is InChI=1S/C22H25N3O3/c1-28-18-7-3-2-5-15(18)17-13-25(21-16(22(26)27)6-4-10-23-21)19-14-8-11-24(12-9-14)20(17)19/h2-7,10,14,17,19-20H,8-9,11-13H2,1H3,(H,26,27)/t17-,19+,20+/m0/s1. The highest BCUT2D eigenvalue weighted by molar-refractivity contribution is 5.93. The zero-order valence-electron chi connectivity index (χ0n) is 16.0. The van der Waals surface area contributed by atoms with Crippen LogP contribution in [0.15, 0.2) is 42.6 Å². The van der Waals surface area contributed by atoms with Gasteiger partial charge in [0, 0.05) is 36.3 Å². The molecule has 6 nitrogen and oxygen atoms in total. The van der Waals surface area contributed by atoms with E-state index in [1.165, 1.54) is 18.4 Å². The number of carbonyl (C=O) groups is 1. The van der Waals surface area contributed by atoms with Crippen molar-refractivity contribution in [2.75, 3.05) is 31.6 Å². The number of pyridine rings is 1. The Morgan fingerprint density at radius 3 is 2.68 bits per heavy atom. The van der Waals surface area contributed by atoms with Crippen LogP contribution < -0.4 is 9.64 Å². The van der Waals surface area contributed by atoms with Gasteiger partial charge in [-0.15, -0.1) is 0 Å². The highest BCUT2D eigenvalue weighted by Crippen LogP contribution is 2.49. The van der Waals surface area contributed by atoms with Gasteiger partial charge < -0.3 is 14.7 Å². The van der Waals surface area contributed by atoms with Gasteiger partial charge in [-0.1, -0.05) is 18.2 Å². The van der Waals surface area contributed by atoms with Gasteiger partial charge in [0.2, 0.25) is 0 Å². The number of carboxylic acids is 1. The lowest BCUT2D eigenvalue weighted by atomic mass is 9.75. The summed E-state index contributed by atoms with van der Waals surface area (Å²) in [5, 5.41) is 9.72. The summed E-state index contributed by atoms with van der Waals surface area (Å²) in [5.74, 6) is 1.46. The molecule has 4 saturated heterocycles. The van der Waals surface area contributed by atoms with Gasteiger partial charge in [-0.05, 0) is 50.0 Å². The van der Waals surface area contributed by atoms with Gasteiger partial charge in [-0.3, -0.25) is 4.90 Å². The van der Waals surface area contributed by atoms with Crippen molar-refractivity contribution in [3.63, 3.8) is 0 Å². The van der Waals surface area contributed by atoms with Crippen molar-refractivity contribution in [2.24, 2.45) is 5.92 Å². The number of ether oxygens (including phenoxy) is 1. The monoisotopic (exact) mass is 379 g/mol. The number of hydrogen-bond donors (Lipinski definition) is 1. The number of hydrogen-bond acceptors (Lipinski definition) is 5. The Morgan fingerprint density at radius 1 is 1.14 bits per heavy atom. The second-order valence-electron chi connectivity index (χ2n) is 8.04. The third-order valence-electron chi connectivity index (χ3n) is 6.82. The van der Waals surface area contributed by atoms with E-state index >= 15 is 0 Å². The number of aromatic carboxylic acids is 1. The van der Waals surface area contributed by atoms with E-state index < -0.39 is 5.97 Å². The molecule has 0 radical (unpaired) electrons. The largest absolute Gasteiger partial charge is 0.496 e. The summed E-state index contributed by atoms with van der Waals surface area (Å²) in [5.41, 5.74) is 1.50. The van der Waals surface area contributed by atoms with Gasteiger partial charge in [0.15, 0.2) is 0 Å². The smallest absolute Gasteiger partial charge is 0.339 e. The molecule has 6 rings (SSSR count). The molecular formula is C22H25N3O3. The summed E-state index contributed by atoms with van der Waals surface area (Å²) in [4.78, 5) is 21.3. The number of benzene rings is 1. The van der Waals surface area contributed by atoms with E-state index in [1.807, 2.05) is 12.1 Å².